The lowest BCUT2D eigenvalue weighted by atomic mass is 9.95. The first kappa shape index (κ1) is 14.1. The molecule has 1 aromatic heterocycles. The minimum Gasteiger partial charge on any atom is -0.320 e. The van der Waals surface area contributed by atoms with Crippen molar-refractivity contribution in [3.8, 4) is 0 Å². The molecule has 3 rings (SSSR count). The summed E-state index contributed by atoms with van der Waals surface area (Å²) in [5, 5.41) is 0.784. The molecule has 1 atom stereocenters. The summed E-state index contributed by atoms with van der Waals surface area (Å²) in [6.07, 6.45) is 1.66. The van der Waals surface area contributed by atoms with E-state index in [4.69, 9.17) is 5.73 Å². The molecule has 0 saturated carbocycles. The summed E-state index contributed by atoms with van der Waals surface area (Å²) in [6, 6.07) is 10.6. The highest BCUT2D eigenvalue weighted by Gasteiger charge is 2.21. The molecule has 0 aliphatic carbocycles. The highest BCUT2D eigenvalue weighted by atomic mass is 79.9. The zero-order chi connectivity index (χ0) is 15.0. The maximum atomic E-state index is 14.2. The third-order valence-electron chi connectivity index (χ3n) is 3.40. The van der Waals surface area contributed by atoms with Crippen LogP contribution in [0.1, 0.15) is 17.2 Å². The van der Waals surface area contributed by atoms with Gasteiger partial charge in [-0.15, -0.1) is 0 Å². The number of hydrogen-bond acceptors (Lipinski definition) is 2. The monoisotopic (exact) mass is 348 g/mol. The van der Waals surface area contributed by atoms with Gasteiger partial charge in [0.15, 0.2) is 0 Å². The van der Waals surface area contributed by atoms with E-state index in [1.807, 2.05) is 12.1 Å². The first-order chi connectivity index (χ1) is 10.1. The quantitative estimate of drug-likeness (QED) is 0.700. The molecule has 0 aliphatic heterocycles. The molecule has 0 amide bonds. The van der Waals surface area contributed by atoms with Gasteiger partial charge in [-0.25, -0.2) is 8.78 Å². The molecule has 2 aromatic carbocycles. The van der Waals surface area contributed by atoms with Crippen molar-refractivity contribution in [3.63, 3.8) is 0 Å². The van der Waals surface area contributed by atoms with Gasteiger partial charge < -0.3 is 5.73 Å². The largest absolute Gasteiger partial charge is 0.320 e. The summed E-state index contributed by atoms with van der Waals surface area (Å²) in [5.74, 6) is -1.34. The van der Waals surface area contributed by atoms with E-state index < -0.39 is 17.7 Å². The number of pyridine rings is 1. The molecule has 106 valence electrons. The average Bonchev–Trinajstić information content (AvgIpc) is 2.50. The van der Waals surface area contributed by atoms with E-state index in [2.05, 4.69) is 20.9 Å². The van der Waals surface area contributed by atoms with E-state index in [1.165, 1.54) is 12.1 Å². The molecule has 0 saturated heterocycles. The highest BCUT2D eigenvalue weighted by Crippen LogP contribution is 2.32. The lowest BCUT2D eigenvalue weighted by molar-refractivity contribution is 0.540. The van der Waals surface area contributed by atoms with E-state index in [9.17, 15) is 8.78 Å². The van der Waals surface area contributed by atoms with Crippen LogP contribution in [0, 0.1) is 11.6 Å². The number of nitrogens with zero attached hydrogens (tertiary/aromatic N) is 1. The van der Waals surface area contributed by atoms with E-state index >= 15 is 0 Å². The maximum absolute atomic E-state index is 14.2. The second-order valence-electron chi connectivity index (χ2n) is 4.65. The molecule has 2 nitrogen and oxygen atoms in total. The summed E-state index contributed by atoms with van der Waals surface area (Å²) < 4.78 is 28.4. The first-order valence-corrected chi connectivity index (χ1v) is 7.11. The van der Waals surface area contributed by atoms with E-state index in [0.717, 1.165) is 10.9 Å². The molecule has 0 fully saturated rings. The second kappa shape index (κ2) is 5.50. The number of hydrogen-bond donors (Lipinski definition) is 1. The fraction of sp³-hybridized carbons (Fsp3) is 0.0625. The van der Waals surface area contributed by atoms with Crippen molar-refractivity contribution in [2.24, 2.45) is 5.73 Å². The van der Waals surface area contributed by atoms with Crippen LogP contribution in [0.25, 0.3) is 10.9 Å². The molecule has 5 heteroatoms. The van der Waals surface area contributed by atoms with Gasteiger partial charge in [-0.05, 0) is 45.8 Å². The Bertz CT molecular complexity index is 815. The van der Waals surface area contributed by atoms with Gasteiger partial charge in [-0.3, -0.25) is 4.98 Å². The van der Waals surface area contributed by atoms with Crippen LogP contribution in [0.15, 0.2) is 53.1 Å². The van der Waals surface area contributed by atoms with Crippen LogP contribution >= 0.6 is 15.9 Å². The highest BCUT2D eigenvalue weighted by molar-refractivity contribution is 9.10. The molecule has 0 aliphatic rings. The van der Waals surface area contributed by atoms with Gasteiger partial charge >= 0.3 is 0 Å². The summed E-state index contributed by atoms with van der Waals surface area (Å²) in [7, 11) is 0. The Morgan fingerprint density at radius 3 is 2.67 bits per heavy atom. The normalized spacial score (nSPS) is 12.6. The number of aromatic nitrogens is 1. The molecular formula is C16H11BrF2N2. The van der Waals surface area contributed by atoms with Crippen LogP contribution in [0.2, 0.25) is 0 Å². The summed E-state index contributed by atoms with van der Waals surface area (Å²) in [4.78, 5) is 4.23. The lowest BCUT2D eigenvalue weighted by Crippen LogP contribution is -2.16. The standard InChI is InChI=1S/C16H11BrF2N2/c17-11-6-7-12(18)14(15(11)19)16(20)10-3-1-5-13-9(10)4-2-8-21-13/h1-8,16H,20H2. The van der Waals surface area contributed by atoms with Gasteiger partial charge in [-0.2, -0.15) is 0 Å². The third-order valence-corrected chi connectivity index (χ3v) is 4.02. The van der Waals surface area contributed by atoms with Gasteiger partial charge in [0.25, 0.3) is 0 Å². The van der Waals surface area contributed by atoms with Gasteiger partial charge in [0, 0.05) is 17.1 Å². The van der Waals surface area contributed by atoms with Crippen molar-refractivity contribution in [1.29, 1.82) is 0 Å². The number of benzene rings is 2. The zero-order valence-corrected chi connectivity index (χ0v) is 12.4. The zero-order valence-electron chi connectivity index (χ0n) is 10.9. The van der Waals surface area contributed by atoms with Crippen LogP contribution in [-0.2, 0) is 0 Å². The molecule has 0 spiro atoms. The van der Waals surface area contributed by atoms with E-state index in [1.54, 1.807) is 24.4 Å². The number of halogens is 3. The Hall–Kier alpha value is -1.85. The summed E-state index contributed by atoms with van der Waals surface area (Å²) >= 11 is 3.06. The predicted octanol–water partition coefficient (Wildman–Crippen LogP) is 4.32. The molecule has 0 radical (unpaired) electrons. The van der Waals surface area contributed by atoms with E-state index in [0.29, 0.717) is 5.56 Å². The Morgan fingerprint density at radius 1 is 1.05 bits per heavy atom. The van der Waals surface area contributed by atoms with Gasteiger partial charge in [-0.1, -0.05) is 18.2 Å². The Kier molecular flexibility index (Phi) is 3.69. The lowest BCUT2D eigenvalue weighted by Gasteiger charge is -2.17. The minimum atomic E-state index is -0.907. The molecule has 2 N–H and O–H groups in total. The molecule has 3 aromatic rings. The maximum Gasteiger partial charge on any atom is 0.145 e. The average molecular weight is 349 g/mol. The number of nitrogens with two attached hydrogens (primary N) is 1. The summed E-state index contributed by atoms with van der Waals surface area (Å²) in [5.41, 5.74) is 7.35. The first-order valence-electron chi connectivity index (χ1n) is 6.32. The Balaban J connectivity index is 2.22. The van der Waals surface area contributed by atoms with Crippen LogP contribution in [-0.4, -0.2) is 4.98 Å². The fourth-order valence-electron chi connectivity index (χ4n) is 2.38. The topological polar surface area (TPSA) is 38.9 Å². The smallest absolute Gasteiger partial charge is 0.145 e. The third kappa shape index (κ3) is 2.43. The van der Waals surface area contributed by atoms with E-state index in [-0.39, 0.29) is 10.0 Å². The minimum absolute atomic E-state index is 0.152. The summed E-state index contributed by atoms with van der Waals surface area (Å²) in [6.45, 7) is 0. The predicted molar refractivity (Wildman–Crippen MR) is 81.8 cm³/mol. The van der Waals surface area contributed by atoms with Crippen LogP contribution in [0.3, 0.4) is 0 Å². The number of rotatable bonds is 2. The van der Waals surface area contributed by atoms with Crippen molar-refractivity contribution in [3.05, 3.63) is 75.9 Å². The van der Waals surface area contributed by atoms with Crippen molar-refractivity contribution in [2.45, 2.75) is 6.04 Å². The number of fused-ring (bicyclic) bond motifs is 1. The Labute approximate surface area is 128 Å². The second-order valence-corrected chi connectivity index (χ2v) is 5.51. The van der Waals surface area contributed by atoms with Crippen LogP contribution in [0.4, 0.5) is 8.78 Å². The van der Waals surface area contributed by atoms with Gasteiger partial charge in [0.05, 0.1) is 16.0 Å². The van der Waals surface area contributed by atoms with Crippen molar-refractivity contribution < 1.29 is 8.78 Å². The fourth-order valence-corrected chi connectivity index (χ4v) is 2.73. The van der Waals surface area contributed by atoms with Gasteiger partial charge in [0.1, 0.15) is 11.6 Å². The molecule has 1 heterocycles. The molecule has 21 heavy (non-hydrogen) atoms. The SMILES string of the molecule is NC(c1c(F)ccc(Br)c1F)c1cccc2ncccc12. The van der Waals surface area contributed by atoms with Crippen molar-refractivity contribution in [1.82, 2.24) is 4.98 Å². The van der Waals surface area contributed by atoms with Crippen molar-refractivity contribution in [2.75, 3.05) is 0 Å². The molecule has 1 unspecified atom stereocenters. The van der Waals surface area contributed by atoms with Crippen LogP contribution in [0.5, 0.6) is 0 Å². The van der Waals surface area contributed by atoms with Crippen molar-refractivity contribution >= 4 is 26.8 Å². The molecule has 0 bridgehead atoms. The van der Waals surface area contributed by atoms with Gasteiger partial charge in [0.2, 0.25) is 0 Å². The van der Waals surface area contributed by atoms with Crippen LogP contribution < -0.4 is 5.73 Å². The molecular weight excluding hydrogens is 338 g/mol. The Morgan fingerprint density at radius 2 is 1.86 bits per heavy atom.